The molecule has 0 N–H and O–H groups in total. The highest BCUT2D eigenvalue weighted by molar-refractivity contribution is 6.53. The summed E-state index contributed by atoms with van der Waals surface area (Å²) >= 11 is 5.85. The summed E-state index contributed by atoms with van der Waals surface area (Å²) in [6.45, 7) is 0.861. The minimum Gasteiger partial charge on any atom is -0.494 e. The summed E-state index contributed by atoms with van der Waals surface area (Å²) in [5.74, 6) is 0.403. The molecule has 0 bridgehead atoms. The third-order valence-electron chi connectivity index (χ3n) is 4.62. The number of nitrogens with zero attached hydrogens (tertiary/aromatic N) is 1. The van der Waals surface area contributed by atoms with Crippen molar-refractivity contribution >= 4 is 29.0 Å². The number of ether oxygens (including phenoxy) is 4. The van der Waals surface area contributed by atoms with Crippen LogP contribution in [0.5, 0.6) is 23.0 Å². The monoisotopic (exact) mass is 419 g/mol. The molecule has 0 spiro atoms. The molecule has 1 aliphatic heterocycles. The molecule has 154 valence electrons. The molecule has 0 aliphatic carbocycles. The Hall–Kier alpha value is -2.93. The van der Waals surface area contributed by atoms with Gasteiger partial charge in [0.05, 0.1) is 39.2 Å². The average Bonchev–Trinajstić information content (AvgIpc) is 2.97. The molecule has 3 rings (SSSR count). The quantitative estimate of drug-likeness (QED) is 0.455. The standard InChI is InChI=1S/C21H22ClNO6/c1-26-16-12-15-17(20(28-3)19(16)27-2)18(24)21(25)23(15)10-4-5-11-29-14-8-6-13(22)7-9-14/h6-9,12H,4-5,10-11H2,1-3H3. The lowest BCUT2D eigenvalue weighted by Crippen LogP contribution is -2.30. The lowest BCUT2D eigenvalue weighted by molar-refractivity contribution is -0.114. The second kappa shape index (κ2) is 9.05. The number of ketones is 1. The zero-order valence-electron chi connectivity index (χ0n) is 16.5. The van der Waals surface area contributed by atoms with E-state index in [0.29, 0.717) is 42.5 Å². The third kappa shape index (κ3) is 4.10. The smallest absolute Gasteiger partial charge is 0.299 e. The maximum Gasteiger partial charge on any atom is 0.299 e. The number of unbranched alkanes of at least 4 members (excludes halogenated alkanes) is 1. The number of carbonyl (C=O) groups is 2. The predicted octanol–water partition coefficient (Wildman–Crippen LogP) is 3.75. The molecule has 0 saturated carbocycles. The van der Waals surface area contributed by atoms with Crippen molar-refractivity contribution < 1.29 is 28.5 Å². The van der Waals surface area contributed by atoms with Gasteiger partial charge in [-0.05, 0) is 37.1 Å². The van der Waals surface area contributed by atoms with Crippen molar-refractivity contribution in [2.75, 3.05) is 39.4 Å². The minimum absolute atomic E-state index is 0.201. The van der Waals surface area contributed by atoms with E-state index in [-0.39, 0.29) is 17.1 Å². The van der Waals surface area contributed by atoms with E-state index in [2.05, 4.69) is 0 Å². The maximum absolute atomic E-state index is 12.6. The molecule has 0 unspecified atom stereocenters. The summed E-state index contributed by atoms with van der Waals surface area (Å²) in [5, 5.41) is 0.649. The predicted molar refractivity (Wildman–Crippen MR) is 109 cm³/mol. The topological polar surface area (TPSA) is 74.3 Å². The Bertz CT molecular complexity index is 912. The van der Waals surface area contributed by atoms with Crippen LogP contribution >= 0.6 is 11.6 Å². The SMILES string of the molecule is COc1cc2c(c(OC)c1OC)C(=O)C(=O)N2CCCCOc1ccc(Cl)cc1. The Morgan fingerprint density at radius 1 is 0.931 bits per heavy atom. The van der Waals surface area contributed by atoms with Crippen LogP contribution in [0, 0.1) is 0 Å². The van der Waals surface area contributed by atoms with Crippen LogP contribution in [0.2, 0.25) is 5.02 Å². The molecule has 7 nitrogen and oxygen atoms in total. The Morgan fingerprint density at radius 2 is 1.62 bits per heavy atom. The van der Waals surface area contributed by atoms with Gasteiger partial charge in [-0.15, -0.1) is 0 Å². The van der Waals surface area contributed by atoms with Crippen LogP contribution in [-0.2, 0) is 4.79 Å². The first-order chi connectivity index (χ1) is 14.0. The summed E-state index contributed by atoms with van der Waals surface area (Å²) in [6.07, 6.45) is 1.36. The van der Waals surface area contributed by atoms with Crippen molar-refractivity contribution in [1.29, 1.82) is 0 Å². The van der Waals surface area contributed by atoms with E-state index in [1.807, 2.05) is 0 Å². The molecule has 1 aliphatic rings. The number of Topliss-reactive ketones (excluding diaryl/α,β-unsaturated/α-hetero) is 1. The van der Waals surface area contributed by atoms with Crippen LogP contribution in [0.1, 0.15) is 23.2 Å². The molecular formula is C21H22ClNO6. The number of hydrogen-bond donors (Lipinski definition) is 0. The number of hydrogen-bond acceptors (Lipinski definition) is 6. The van der Waals surface area contributed by atoms with Gasteiger partial charge in [0.25, 0.3) is 11.7 Å². The van der Waals surface area contributed by atoms with Crippen LogP contribution in [-0.4, -0.2) is 46.2 Å². The molecule has 1 amide bonds. The molecule has 2 aromatic carbocycles. The van der Waals surface area contributed by atoms with Gasteiger partial charge in [-0.1, -0.05) is 11.6 Å². The number of fused-ring (bicyclic) bond motifs is 1. The van der Waals surface area contributed by atoms with Gasteiger partial charge in [0.15, 0.2) is 11.5 Å². The minimum atomic E-state index is -0.616. The zero-order chi connectivity index (χ0) is 21.0. The fourth-order valence-corrected chi connectivity index (χ4v) is 3.36. The number of methoxy groups -OCH3 is 3. The van der Waals surface area contributed by atoms with Gasteiger partial charge in [0, 0.05) is 17.6 Å². The highest BCUT2D eigenvalue weighted by atomic mass is 35.5. The Labute approximate surface area is 174 Å². The normalized spacial score (nSPS) is 12.8. The molecule has 8 heteroatoms. The van der Waals surface area contributed by atoms with Crippen molar-refractivity contribution in [3.8, 4) is 23.0 Å². The summed E-state index contributed by atoms with van der Waals surface area (Å²) in [5.41, 5.74) is 0.667. The van der Waals surface area contributed by atoms with E-state index in [0.717, 1.165) is 5.75 Å². The molecule has 0 saturated heterocycles. The fraction of sp³-hybridized carbons (Fsp3) is 0.333. The fourth-order valence-electron chi connectivity index (χ4n) is 3.23. The van der Waals surface area contributed by atoms with Gasteiger partial charge in [-0.2, -0.15) is 0 Å². The summed E-state index contributed by atoms with van der Waals surface area (Å²) < 4.78 is 21.7. The van der Waals surface area contributed by atoms with Crippen LogP contribution in [0.4, 0.5) is 5.69 Å². The van der Waals surface area contributed by atoms with Gasteiger partial charge < -0.3 is 23.8 Å². The van der Waals surface area contributed by atoms with E-state index in [9.17, 15) is 9.59 Å². The molecule has 29 heavy (non-hydrogen) atoms. The average molecular weight is 420 g/mol. The third-order valence-corrected chi connectivity index (χ3v) is 4.88. The summed E-state index contributed by atoms with van der Waals surface area (Å²) in [7, 11) is 4.36. The van der Waals surface area contributed by atoms with Crippen LogP contribution < -0.4 is 23.8 Å². The molecular weight excluding hydrogens is 398 g/mol. The number of benzene rings is 2. The van der Waals surface area contributed by atoms with Crippen LogP contribution in [0.3, 0.4) is 0 Å². The second-order valence-corrected chi connectivity index (χ2v) is 6.77. The largest absolute Gasteiger partial charge is 0.494 e. The van der Waals surface area contributed by atoms with Gasteiger partial charge in [0.2, 0.25) is 5.75 Å². The van der Waals surface area contributed by atoms with E-state index in [4.69, 9.17) is 30.5 Å². The first kappa shape index (κ1) is 20.8. The van der Waals surface area contributed by atoms with Crippen molar-refractivity contribution in [1.82, 2.24) is 0 Å². The molecule has 0 aromatic heterocycles. The zero-order valence-corrected chi connectivity index (χ0v) is 17.2. The van der Waals surface area contributed by atoms with Gasteiger partial charge in [0.1, 0.15) is 5.75 Å². The highest BCUT2D eigenvalue weighted by Crippen LogP contribution is 2.48. The number of anilines is 1. The van der Waals surface area contributed by atoms with E-state index in [1.54, 1.807) is 30.3 Å². The molecule has 0 radical (unpaired) electrons. The van der Waals surface area contributed by atoms with Crippen LogP contribution in [0.15, 0.2) is 30.3 Å². The summed E-state index contributed by atoms with van der Waals surface area (Å²) in [6, 6.07) is 8.75. The Morgan fingerprint density at radius 3 is 2.24 bits per heavy atom. The van der Waals surface area contributed by atoms with Crippen molar-refractivity contribution in [3.63, 3.8) is 0 Å². The van der Waals surface area contributed by atoms with Crippen LogP contribution in [0.25, 0.3) is 0 Å². The van der Waals surface area contributed by atoms with Crippen molar-refractivity contribution in [2.24, 2.45) is 0 Å². The lowest BCUT2D eigenvalue weighted by atomic mass is 10.1. The lowest BCUT2D eigenvalue weighted by Gasteiger charge is -2.19. The van der Waals surface area contributed by atoms with Gasteiger partial charge in [-0.25, -0.2) is 0 Å². The first-order valence-corrected chi connectivity index (χ1v) is 9.47. The van der Waals surface area contributed by atoms with Gasteiger partial charge in [-0.3, -0.25) is 9.59 Å². The van der Waals surface area contributed by atoms with Gasteiger partial charge >= 0.3 is 0 Å². The Kier molecular flexibility index (Phi) is 6.49. The second-order valence-electron chi connectivity index (χ2n) is 6.33. The van der Waals surface area contributed by atoms with E-state index >= 15 is 0 Å². The summed E-state index contributed by atoms with van der Waals surface area (Å²) in [4.78, 5) is 26.5. The van der Waals surface area contributed by atoms with E-state index in [1.165, 1.54) is 26.2 Å². The first-order valence-electron chi connectivity index (χ1n) is 9.09. The molecule has 0 fully saturated rings. The Balaban J connectivity index is 1.69. The molecule has 2 aromatic rings. The van der Waals surface area contributed by atoms with Crippen molar-refractivity contribution in [2.45, 2.75) is 12.8 Å². The van der Waals surface area contributed by atoms with Crippen molar-refractivity contribution in [3.05, 3.63) is 40.9 Å². The number of rotatable bonds is 9. The molecule has 1 heterocycles. The number of carbonyl (C=O) groups excluding carboxylic acids is 2. The van der Waals surface area contributed by atoms with E-state index < -0.39 is 11.7 Å². The number of amides is 1. The highest BCUT2D eigenvalue weighted by Gasteiger charge is 2.40. The number of halogens is 1. The maximum atomic E-state index is 12.6. The molecule has 0 atom stereocenters.